The zero-order valence-corrected chi connectivity index (χ0v) is 19.5. The van der Waals surface area contributed by atoms with E-state index < -0.39 is 0 Å². The van der Waals surface area contributed by atoms with Crippen molar-refractivity contribution >= 4 is 22.4 Å². The third-order valence-corrected chi connectivity index (χ3v) is 6.04. The van der Waals surface area contributed by atoms with Crippen LogP contribution in [0.1, 0.15) is 17.2 Å². The standard InChI is InChI=1S/C30H28N4/c1-34(2)25-19-17-24(18-20-25)29-31-27-16-10-9-15-26(27)30(33-29)32-28(23-13-7-4-8-14-23)21-22-11-5-3-6-12-22/h3-20,28H,21H2,1-2H3,(H,31,32,33). The maximum atomic E-state index is 5.02. The van der Waals surface area contributed by atoms with E-state index in [1.54, 1.807) is 0 Å². The number of nitrogens with one attached hydrogen (secondary N) is 1. The molecule has 4 nitrogen and oxygen atoms in total. The maximum absolute atomic E-state index is 5.02. The van der Waals surface area contributed by atoms with Gasteiger partial charge in [0.2, 0.25) is 0 Å². The molecule has 0 bridgehead atoms. The molecule has 0 saturated carbocycles. The van der Waals surface area contributed by atoms with Crippen molar-refractivity contribution in [2.45, 2.75) is 12.5 Å². The molecule has 0 spiro atoms. The van der Waals surface area contributed by atoms with E-state index in [0.717, 1.165) is 40.2 Å². The first kappa shape index (κ1) is 21.7. The number of nitrogens with zero attached hydrogens (tertiary/aromatic N) is 3. The summed E-state index contributed by atoms with van der Waals surface area (Å²) in [5.41, 5.74) is 5.58. The van der Waals surface area contributed by atoms with E-state index in [9.17, 15) is 0 Å². The summed E-state index contributed by atoms with van der Waals surface area (Å²) in [5.74, 6) is 1.57. The largest absolute Gasteiger partial charge is 0.378 e. The minimum atomic E-state index is 0.0749. The van der Waals surface area contributed by atoms with Gasteiger partial charge < -0.3 is 10.2 Å². The second-order valence-electron chi connectivity index (χ2n) is 8.65. The molecule has 0 saturated heterocycles. The van der Waals surface area contributed by atoms with Crippen molar-refractivity contribution in [2.24, 2.45) is 0 Å². The maximum Gasteiger partial charge on any atom is 0.162 e. The van der Waals surface area contributed by atoms with Gasteiger partial charge in [0.25, 0.3) is 0 Å². The normalized spacial score (nSPS) is 11.8. The van der Waals surface area contributed by atoms with Gasteiger partial charge in [-0.3, -0.25) is 0 Å². The molecule has 5 rings (SSSR count). The van der Waals surface area contributed by atoms with E-state index in [4.69, 9.17) is 9.97 Å². The van der Waals surface area contributed by atoms with Crippen LogP contribution in [0.4, 0.5) is 11.5 Å². The number of rotatable bonds is 7. The van der Waals surface area contributed by atoms with Crippen LogP contribution in [0, 0.1) is 0 Å². The SMILES string of the molecule is CN(C)c1ccc(-c2nc(NC(Cc3ccccc3)c3ccccc3)c3ccccc3n2)cc1. The Labute approximate surface area is 200 Å². The molecule has 0 aliphatic carbocycles. The van der Waals surface area contributed by atoms with Crippen molar-refractivity contribution in [3.63, 3.8) is 0 Å². The summed E-state index contributed by atoms with van der Waals surface area (Å²) in [5, 5.41) is 4.79. The van der Waals surface area contributed by atoms with Crippen molar-refractivity contribution in [3.05, 3.63) is 120 Å². The van der Waals surface area contributed by atoms with Crippen LogP contribution >= 0.6 is 0 Å². The Hall–Kier alpha value is -4.18. The third-order valence-electron chi connectivity index (χ3n) is 6.04. The average molecular weight is 445 g/mol. The zero-order valence-electron chi connectivity index (χ0n) is 19.5. The Morgan fingerprint density at radius 1 is 0.706 bits per heavy atom. The average Bonchev–Trinajstić information content (AvgIpc) is 2.89. The van der Waals surface area contributed by atoms with Crippen LogP contribution in [0.25, 0.3) is 22.3 Å². The first-order valence-corrected chi connectivity index (χ1v) is 11.6. The van der Waals surface area contributed by atoms with E-state index in [1.807, 2.05) is 26.2 Å². The quantitative estimate of drug-likeness (QED) is 0.301. The molecule has 0 radical (unpaired) electrons. The van der Waals surface area contributed by atoms with Crippen LogP contribution in [0.3, 0.4) is 0 Å². The number of aromatic nitrogens is 2. The summed E-state index contributed by atoms with van der Waals surface area (Å²) in [7, 11) is 4.08. The third kappa shape index (κ3) is 4.76. The molecule has 0 aliphatic heterocycles. The Morgan fingerprint density at radius 3 is 2.06 bits per heavy atom. The lowest BCUT2D eigenvalue weighted by atomic mass is 9.98. The van der Waals surface area contributed by atoms with E-state index in [1.165, 1.54) is 11.1 Å². The van der Waals surface area contributed by atoms with Crippen molar-refractivity contribution in [1.82, 2.24) is 9.97 Å². The molecule has 1 N–H and O–H groups in total. The predicted molar refractivity (Wildman–Crippen MR) is 142 cm³/mol. The fourth-order valence-electron chi connectivity index (χ4n) is 4.18. The molecule has 5 aromatic rings. The Balaban J connectivity index is 1.56. The summed E-state index contributed by atoms with van der Waals surface area (Å²) < 4.78 is 0. The van der Waals surface area contributed by atoms with Crippen LogP contribution in [-0.2, 0) is 6.42 Å². The summed E-state index contributed by atoms with van der Waals surface area (Å²) in [4.78, 5) is 12.0. The van der Waals surface area contributed by atoms with Crippen LogP contribution in [0.2, 0.25) is 0 Å². The number of hydrogen-bond donors (Lipinski definition) is 1. The van der Waals surface area contributed by atoms with Gasteiger partial charge in [-0.2, -0.15) is 0 Å². The Morgan fingerprint density at radius 2 is 1.35 bits per heavy atom. The molecule has 0 amide bonds. The van der Waals surface area contributed by atoms with Crippen molar-refractivity contribution < 1.29 is 0 Å². The summed E-state index contributed by atoms with van der Waals surface area (Å²) >= 11 is 0. The van der Waals surface area contributed by atoms with Gasteiger partial charge in [0, 0.05) is 30.7 Å². The molecular formula is C30H28N4. The van der Waals surface area contributed by atoms with Crippen molar-refractivity contribution in [2.75, 3.05) is 24.3 Å². The number of anilines is 2. The molecule has 4 heteroatoms. The monoisotopic (exact) mass is 444 g/mol. The van der Waals surface area contributed by atoms with Crippen molar-refractivity contribution in [1.29, 1.82) is 0 Å². The van der Waals surface area contributed by atoms with Gasteiger partial charge in [0.1, 0.15) is 5.82 Å². The summed E-state index contributed by atoms with van der Waals surface area (Å²) in [6, 6.07) is 37.8. The lowest BCUT2D eigenvalue weighted by Crippen LogP contribution is -2.15. The lowest BCUT2D eigenvalue weighted by molar-refractivity contribution is 0.771. The minimum absolute atomic E-state index is 0.0749. The highest BCUT2D eigenvalue weighted by Gasteiger charge is 2.16. The van der Waals surface area contributed by atoms with E-state index in [2.05, 4.69) is 107 Å². The summed E-state index contributed by atoms with van der Waals surface area (Å²) in [6.07, 6.45) is 0.857. The molecule has 168 valence electrons. The lowest BCUT2D eigenvalue weighted by Gasteiger charge is -2.21. The smallest absolute Gasteiger partial charge is 0.162 e. The molecular weight excluding hydrogens is 416 g/mol. The van der Waals surface area contributed by atoms with Crippen LogP contribution < -0.4 is 10.2 Å². The molecule has 4 aromatic carbocycles. The fraction of sp³-hybridized carbons (Fsp3) is 0.133. The molecule has 34 heavy (non-hydrogen) atoms. The highest BCUT2D eigenvalue weighted by Crippen LogP contribution is 2.30. The van der Waals surface area contributed by atoms with E-state index >= 15 is 0 Å². The van der Waals surface area contributed by atoms with Gasteiger partial charge in [-0.25, -0.2) is 9.97 Å². The second-order valence-corrected chi connectivity index (χ2v) is 8.65. The van der Waals surface area contributed by atoms with Gasteiger partial charge in [0.15, 0.2) is 5.82 Å². The van der Waals surface area contributed by atoms with Crippen LogP contribution in [0.5, 0.6) is 0 Å². The fourth-order valence-corrected chi connectivity index (χ4v) is 4.18. The zero-order chi connectivity index (χ0) is 23.3. The Bertz CT molecular complexity index is 1360. The highest BCUT2D eigenvalue weighted by atomic mass is 15.1. The van der Waals surface area contributed by atoms with Crippen LogP contribution in [-0.4, -0.2) is 24.1 Å². The molecule has 0 aliphatic rings. The minimum Gasteiger partial charge on any atom is -0.378 e. The first-order valence-electron chi connectivity index (χ1n) is 11.6. The Kier molecular flexibility index (Phi) is 6.21. The molecule has 1 atom stereocenters. The number of para-hydroxylation sites is 1. The van der Waals surface area contributed by atoms with Gasteiger partial charge in [0.05, 0.1) is 11.6 Å². The highest BCUT2D eigenvalue weighted by molar-refractivity contribution is 5.90. The molecule has 0 fully saturated rings. The van der Waals surface area contributed by atoms with E-state index in [-0.39, 0.29) is 6.04 Å². The van der Waals surface area contributed by atoms with Crippen LogP contribution in [0.15, 0.2) is 109 Å². The first-order chi connectivity index (χ1) is 16.7. The number of fused-ring (bicyclic) bond motifs is 1. The molecule has 1 heterocycles. The van der Waals surface area contributed by atoms with Gasteiger partial charge in [-0.15, -0.1) is 0 Å². The summed E-state index contributed by atoms with van der Waals surface area (Å²) in [6.45, 7) is 0. The predicted octanol–water partition coefficient (Wildman–Crippen LogP) is 6.76. The second kappa shape index (κ2) is 9.75. The number of hydrogen-bond acceptors (Lipinski definition) is 4. The van der Waals surface area contributed by atoms with Crippen molar-refractivity contribution in [3.8, 4) is 11.4 Å². The van der Waals surface area contributed by atoms with Gasteiger partial charge in [-0.05, 0) is 53.9 Å². The molecule has 1 aromatic heterocycles. The van der Waals surface area contributed by atoms with Gasteiger partial charge >= 0.3 is 0 Å². The molecule has 1 unspecified atom stereocenters. The topological polar surface area (TPSA) is 41.1 Å². The van der Waals surface area contributed by atoms with E-state index in [0.29, 0.717) is 0 Å². The van der Waals surface area contributed by atoms with Gasteiger partial charge in [-0.1, -0.05) is 72.8 Å². The number of benzene rings is 4.